The van der Waals surface area contributed by atoms with Crippen molar-refractivity contribution in [3.05, 3.63) is 29.8 Å². The molecular formula is C16H25NO2. The molecule has 0 fully saturated rings. The van der Waals surface area contributed by atoms with Gasteiger partial charge in [0.1, 0.15) is 6.04 Å². The molecule has 106 valence electrons. The molecule has 0 saturated heterocycles. The van der Waals surface area contributed by atoms with Gasteiger partial charge in [0, 0.05) is 5.69 Å². The molecule has 1 aromatic rings. The number of esters is 1. The average molecular weight is 263 g/mol. The third-order valence-electron chi connectivity index (χ3n) is 3.03. The molecule has 0 aliphatic heterocycles. The van der Waals surface area contributed by atoms with E-state index in [9.17, 15) is 4.79 Å². The molecule has 0 bridgehead atoms. The maximum atomic E-state index is 11.9. The fourth-order valence-corrected chi connectivity index (χ4v) is 2.03. The van der Waals surface area contributed by atoms with E-state index in [1.807, 2.05) is 38.1 Å². The van der Waals surface area contributed by atoms with Crippen molar-refractivity contribution in [2.75, 3.05) is 11.9 Å². The summed E-state index contributed by atoms with van der Waals surface area (Å²) in [7, 11) is 0. The van der Waals surface area contributed by atoms with Gasteiger partial charge in [-0.1, -0.05) is 38.3 Å². The van der Waals surface area contributed by atoms with Crippen LogP contribution in [-0.2, 0) is 9.53 Å². The van der Waals surface area contributed by atoms with Crippen LogP contribution in [0.2, 0.25) is 0 Å². The minimum atomic E-state index is -0.242. The Hall–Kier alpha value is -1.51. The number of hydrogen-bond donors (Lipinski definition) is 1. The highest BCUT2D eigenvalue weighted by Crippen LogP contribution is 2.15. The lowest BCUT2D eigenvalue weighted by Crippen LogP contribution is -2.31. The summed E-state index contributed by atoms with van der Waals surface area (Å²) in [5.41, 5.74) is 2.16. The van der Waals surface area contributed by atoms with Crippen molar-refractivity contribution in [3.63, 3.8) is 0 Å². The first-order valence-corrected chi connectivity index (χ1v) is 7.17. The van der Waals surface area contributed by atoms with E-state index < -0.39 is 0 Å². The lowest BCUT2D eigenvalue weighted by molar-refractivity contribution is -0.144. The standard InChI is InChI=1S/C16H25NO2/c1-4-6-7-11-15(16(18)19-5-2)17-14-10-8-9-13(3)12-14/h8-10,12,15,17H,4-7,11H2,1-3H3. The van der Waals surface area contributed by atoms with E-state index in [4.69, 9.17) is 4.74 Å². The molecule has 0 amide bonds. The summed E-state index contributed by atoms with van der Waals surface area (Å²) >= 11 is 0. The molecule has 1 N–H and O–H groups in total. The van der Waals surface area contributed by atoms with E-state index >= 15 is 0 Å². The van der Waals surface area contributed by atoms with Gasteiger partial charge in [0.15, 0.2) is 0 Å². The van der Waals surface area contributed by atoms with Crippen LogP contribution in [0.15, 0.2) is 24.3 Å². The van der Waals surface area contributed by atoms with Crippen LogP contribution in [0.1, 0.15) is 45.1 Å². The molecule has 1 rings (SSSR count). The maximum Gasteiger partial charge on any atom is 0.328 e. The number of nitrogens with one attached hydrogen (secondary N) is 1. The third-order valence-corrected chi connectivity index (χ3v) is 3.03. The van der Waals surface area contributed by atoms with Crippen LogP contribution in [0.25, 0.3) is 0 Å². The van der Waals surface area contributed by atoms with Gasteiger partial charge in [0.25, 0.3) is 0 Å². The van der Waals surface area contributed by atoms with Gasteiger partial charge < -0.3 is 10.1 Å². The number of aryl methyl sites for hydroxylation is 1. The number of rotatable bonds is 8. The Kier molecular flexibility index (Phi) is 7.01. The highest BCUT2D eigenvalue weighted by atomic mass is 16.5. The molecule has 3 nitrogen and oxygen atoms in total. The summed E-state index contributed by atoms with van der Waals surface area (Å²) in [5.74, 6) is -0.153. The van der Waals surface area contributed by atoms with Crippen LogP contribution < -0.4 is 5.32 Å². The second-order valence-electron chi connectivity index (χ2n) is 4.81. The highest BCUT2D eigenvalue weighted by Gasteiger charge is 2.18. The lowest BCUT2D eigenvalue weighted by Gasteiger charge is -2.18. The Labute approximate surface area is 116 Å². The second-order valence-corrected chi connectivity index (χ2v) is 4.81. The van der Waals surface area contributed by atoms with Crippen molar-refractivity contribution in [2.45, 2.75) is 52.5 Å². The Morgan fingerprint density at radius 1 is 1.32 bits per heavy atom. The van der Waals surface area contributed by atoms with E-state index in [1.54, 1.807) is 0 Å². The van der Waals surface area contributed by atoms with Crippen LogP contribution in [0, 0.1) is 6.92 Å². The number of unbranched alkanes of at least 4 members (excludes halogenated alkanes) is 2. The summed E-state index contributed by atoms with van der Waals surface area (Å²) in [6.45, 7) is 6.47. The molecule has 0 aliphatic rings. The van der Waals surface area contributed by atoms with Gasteiger partial charge in [-0.3, -0.25) is 0 Å². The highest BCUT2D eigenvalue weighted by molar-refractivity contribution is 5.79. The zero-order chi connectivity index (χ0) is 14.1. The van der Waals surface area contributed by atoms with E-state index in [1.165, 1.54) is 5.56 Å². The first-order valence-electron chi connectivity index (χ1n) is 7.17. The van der Waals surface area contributed by atoms with E-state index in [-0.39, 0.29) is 12.0 Å². The number of carbonyl (C=O) groups excluding carboxylic acids is 1. The molecule has 1 aromatic carbocycles. The van der Waals surface area contributed by atoms with Gasteiger partial charge in [-0.2, -0.15) is 0 Å². The molecule has 0 aromatic heterocycles. The van der Waals surface area contributed by atoms with Crippen LogP contribution in [-0.4, -0.2) is 18.6 Å². The van der Waals surface area contributed by atoms with Crippen molar-refractivity contribution in [3.8, 4) is 0 Å². The minimum Gasteiger partial charge on any atom is -0.464 e. The van der Waals surface area contributed by atoms with Crippen LogP contribution in [0.3, 0.4) is 0 Å². The average Bonchev–Trinajstić information content (AvgIpc) is 2.38. The Bertz CT molecular complexity index is 390. The van der Waals surface area contributed by atoms with Crippen molar-refractivity contribution in [2.24, 2.45) is 0 Å². The molecule has 0 aliphatic carbocycles. The third kappa shape index (κ3) is 5.77. The molecule has 19 heavy (non-hydrogen) atoms. The fraction of sp³-hybridized carbons (Fsp3) is 0.562. The molecule has 0 spiro atoms. The molecular weight excluding hydrogens is 238 g/mol. The van der Waals surface area contributed by atoms with Gasteiger partial charge in [0.2, 0.25) is 0 Å². The monoisotopic (exact) mass is 263 g/mol. The summed E-state index contributed by atoms with van der Waals surface area (Å²) in [4.78, 5) is 11.9. The molecule has 1 atom stereocenters. The molecule has 1 unspecified atom stereocenters. The van der Waals surface area contributed by atoms with E-state index in [2.05, 4.69) is 12.2 Å². The quantitative estimate of drug-likeness (QED) is 0.570. The number of anilines is 1. The van der Waals surface area contributed by atoms with Gasteiger partial charge in [-0.15, -0.1) is 0 Å². The number of carbonyl (C=O) groups is 1. The molecule has 0 heterocycles. The van der Waals surface area contributed by atoms with Crippen molar-refractivity contribution < 1.29 is 9.53 Å². The molecule has 0 saturated carbocycles. The zero-order valence-electron chi connectivity index (χ0n) is 12.2. The lowest BCUT2D eigenvalue weighted by atomic mass is 10.1. The SMILES string of the molecule is CCCCCC(Nc1cccc(C)c1)C(=O)OCC. The first-order chi connectivity index (χ1) is 9.17. The summed E-state index contributed by atoms with van der Waals surface area (Å²) in [5, 5.41) is 3.29. The second kappa shape index (κ2) is 8.57. The molecule has 3 heteroatoms. The van der Waals surface area contributed by atoms with E-state index in [0.29, 0.717) is 6.61 Å². The number of ether oxygens (including phenoxy) is 1. The molecule has 0 radical (unpaired) electrons. The number of hydrogen-bond acceptors (Lipinski definition) is 3. The van der Waals surface area contributed by atoms with Gasteiger partial charge in [-0.25, -0.2) is 4.79 Å². The van der Waals surface area contributed by atoms with E-state index in [0.717, 1.165) is 31.4 Å². The smallest absolute Gasteiger partial charge is 0.328 e. The Morgan fingerprint density at radius 3 is 2.74 bits per heavy atom. The maximum absolute atomic E-state index is 11.9. The first kappa shape index (κ1) is 15.5. The van der Waals surface area contributed by atoms with Crippen LogP contribution in [0.4, 0.5) is 5.69 Å². The summed E-state index contributed by atoms with van der Waals surface area (Å²) < 4.78 is 5.14. The van der Waals surface area contributed by atoms with Crippen molar-refractivity contribution in [1.82, 2.24) is 0 Å². The van der Waals surface area contributed by atoms with Crippen molar-refractivity contribution >= 4 is 11.7 Å². The topological polar surface area (TPSA) is 38.3 Å². The van der Waals surface area contributed by atoms with Gasteiger partial charge >= 0.3 is 5.97 Å². The van der Waals surface area contributed by atoms with Gasteiger partial charge in [-0.05, 0) is 38.0 Å². The van der Waals surface area contributed by atoms with Gasteiger partial charge in [0.05, 0.1) is 6.61 Å². The zero-order valence-corrected chi connectivity index (χ0v) is 12.2. The minimum absolute atomic E-state index is 0.153. The summed E-state index contributed by atoms with van der Waals surface area (Å²) in [6.07, 6.45) is 4.16. The summed E-state index contributed by atoms with van der Waals surface area (Å²) in [6, 6.07) is 7.83. The normalized spacial score (nSPS) is 11.9. The Balaban J connectivity index is 2.64. The van der Waals surface area contributed by atoms with Crippen LogP contribution in [0.5, 0.6) is 0 Å². The predicted molar refractivity (Wildman–Crippen MR) is 79.4 cm³/mol. The van der Waals surface area contributed by atoms with Crippen molar-refractivity contribution in [1.29, 1.82) is 0 Å². The number of benzene rings is 1. The Morgan fingerprint density at radius 2 is 2.11 bits per heavy atom. The largest absolute Gasteiger partial charge is 0.464 e. The van der Waals surface area contributed by atoms with Crippen LogP contribution >= 0.6 is 0 Å². The fourth-order valence-electron chi connectivity index (χ4n) is 2.03. The predicted octanol–water partition coefficient (Wildman–Crippen LogP) is 3.92.